The summed E-state index contributed by atoms with van der Waals surface area (Å²) in [6.07, 6.45) is -1.11. The molecule has 0 fully saturated rings. The summed E-state index contributed by atoms with van der Waals surface area (Å²) < 4.78 is 69.5. The molecule has 2 N–H and O–H groups in total. The van der Waals surface area contributed by atoms with Gasteiger partial charge in [0.15, 0.2) is 0 Å². The largest absolute Gasteiger partial charge is 0.491 e. The van der Waals surface area contributed by atoms with E-state index in [-0.39, 0.29) is 5.75 Å². The zero-order valence-corrected chi connectivity index (χ0v) is 10.8. The number of ether oxygens (including phenoxy) is 2. The van der Waals surface area contributed by atoms with Crippen molar-refractivity contribution in [2.75, 3.05) is 26.8 Å². The molecule has 108 valence electrons. The first-order chi connectivity index (χ1) is 12.3. The number of aliphatic hydroxyl groups excluding tert-OH is 1. The topological polar surface area (TPSA) is 50.7 Å². The van der Waals surface area contributed by atoms with E-state index in [9.17, 15) is 5.11 Å². The van der Waals surface area contributed by atoms with Gasteiger partial charge in [0.05, 0.1) is 9.35 Å². The minimum atomic E-state index is -2.84. The summed E-state index contributed by atoms with van der Waals surface area (Å²) in [5, 5.41) is 12.3. The Morgan fingerprint density at radius 2 is 2.11 bits per heavy atom. The SMILES string of the molecule is [2H]C([2H])([2H])C(NCC(O)C([2H])([2H])Oc1ccc(CCOC)cc1)C([2H])([2H])[2H]. The Bertz CT molecular complexity index is 560. The van der Waals surface area contributed by atoms with E-state index in [0.717, 1.165) is 5.56 Å². The molecule has 19 heavy (non-hydrogen) atoms. The van der Waals surface area contributed by atoms with Gasteiger partial charge in [-0.2, -0.15) is 0 Å². The van der Waals surface area contributed by atoms with E-state index in [4.69, 9.17) is 20.4 Å². The molecule has 0 spiro atoms. The second kappa shape index (κ2) is 8.91. The molecule has 0 saturated carbocycles. The van der Waals surface area contributed by atoms with Crippen LogP contribution in [0.3, 0.4) is 0 Å². The molecule has 0 radical (unpaired) electrons. The van der Waals surface area contributed by atoms with Gasteiger partial charge in [-0.3, -0.25) is 0 Å². The molecule has 0 heterocycles. The van der Waals surface area contributed by atoms with Gasteiger partial charge in [0, 0.05) is 27.9 Å². The third kappa shape index (κ3) is 7.15. The number of rotatable bonds is 9. The van der Waals surface area contributed by atoms with Gasteiger partial charge in [0.1, 0.15) is 18.4 Å². The van der Waals surface area contributed by atoms with Crippen molar-refractivity contribution in [3.63, 3.8) is 0 Å². The molecule has 0 saturated heterocycles. The van der Waals surface area contributed by atoms with Crippen LogP contribution in [-0.4, -0.2) is 44.1 Å². The van der Waals surface area contributed by atoms with E-state index in [0.29, 0.717) is 13.0 Å². The lowest BCUT2D eigenvalue weighted by Gasteiger charge is -2.15. The Morgan fingerprint density at radius 1 is 1.37 bits per heavy atom. The van der Waals surface area contributed by atoms with Crippen LogP contribution in [0.4, 0.5) is 0 Å². The van der Waals surface area contributed by atoms with Crippen LogP contribution in [0.2, 0.25) is 0 Å². The summed E-state index contributed by atoms with van der Waals surface area (Å²) in [4.78, 5) is 0. The molecule has 4 heteroatoms. The van der Waals surface area contributed by atoms with E-state index in [1.165, 1.54) is 12.1 Å². The zero-order valence-electron chi connectivity index (χ0n) is 18.8. The highest BCUT2D eigenvalue weighted by Gasteiger charge is 2.05. The number of benzene rings is 1. The van der Waals surface area contributed by atoms with Gasteiger partial charge in [-0.15, -0.1) is 0 Å². The molecule has 1 unspecified atom stereocenters. The van der Waals surface area contributed by atoms with Crippen molar-refractivity contribution in [2.45, 2.75) is 32.3 Å². The number of aliphatic hydroxyl groups is 1. The maximum Gasteiger partial charge on any atom is 0.119 e. The Hall–Kier alpha value is -1.10. The lowest BCUT2D eigenvalue weighted by atomic mass is 10.1. The molecule has 0 amide bonds. The van der Waals surface area contributed by atoms with Crippen molar-refractivity contribution in [3.8, 4) is 5.75 Å². The fourth-order valence-electron chi connectivity index (χ4n) is 1.35. The van der Waals surface area contributed by atoms with Crippen LogP contribution < -0.4 is 10.1 Å². The summed E-state index contributed by atoms with van der Waals surface area (Å²) in [6, 6.07) is 4.64. The first-order valence-corrected chi connectivity index (χ1v) is 5.95. The average molecular weight is 275 g/mol. The fourth-order valence-corrected chi connectivity index (χ4v) is 1.35. The normalized spacial score (nSPS) is 21.0. The second-order valence-electron chi connectivity index (χ2n) is 3.96. The standard InChI is InChI=1S/C15H25NO3/c1-12(2)16-10-14(17)11-19-15-6-4-13(5-7-15)8-9-18-3/h4-7,12,14,16-17H,8-11H2,1-3H3/i1D3,2D3,11D2. The quantitative estimate of drug-likeness (QED) is 0.719. The molecule has 0 aliphatic heterocycles. The van der Waals surface area contributed by atoms with Gasteiger partial charge in [-0.05, 0) is 24.1 Å². The van der Waals surface area contributed by atoms with Crippen molar-refractivity contribution >= 4 is 0 Å². The third-order valence-corrected chi connectivity index (χ3v) is 2.35. The predicted molar refractivity (Wildman–Crippen MR) is 76.7 cm³/mol. The van der Waals surface area contributed by atoms with Crippen LogP contribution in [0.1, 0.15) is 30.2 Å². The summed E-state index contributed by atoms with van der Waals surface area (Å²) in [5.41, 5.74) is 0.963. The maximum atomic E-state index is 10.0. The lowest BCUT2D eigenvalue weighted by molar-refractivity contribution is 0.104. The average Bonchev–Trinajstić information content (AvgIpc) is 2.51. The summed E-state index contributed by atoms with van der Waals surface area (Å²) in [7, 11) is 1.59. The Morgan fingerprint density at radius 3 is 2.74 bits per heavy atom. The molecule has 0 aromatic heterocycles. The van der Waals surface area contributed by atoms with Crippen LogP contribution in [0.5, 0.6) is 5.75 Å². The summed E-state index contributed by atoms with van der Waals surface area (Å²) in [5.74, 6) is 0.170. The Labute approximate surface area is 127 Å². The molecule has 1 atom stereocenters. The van der Waals surface area contributed by atoms with Crippen molar-refractivity contribution in [3.05, 3.63) is 29.8 Å². The zero-order chi connectivity index (χ0) is 20.9. The van der Waals surface area contributed by atoms with Gasteiger partial charge in [-0.1, -0.05) is 25.8 Å². The van der Waals surface area contributed by atoms with E-state index >= 15 is 0 Å². The first-order valence-electron chi connectivity index (χ1n) is 9.95. The molecule has 1 aromatic rings. The van der Waals surface area contributed by atoms with Crippen molar-refractivity contribution in [1.29, 1.82) is 0 Å². The summed E-state index contributed by atoms with van der Waals surface area (Å²) in [6.45, 7) is -8.30. The number of methoxy groups -OCH3 is 1. The van der Waals surface area contributed by atoms with Crippen molar-refractivity contribution in [2.24, 2.45) is 0 Å². The molecule has 0 aliphatic carbocycles. The molecule has 0 bridgehead atoms. The van der Waals surface area contributed by atoms with Crippen LogP contribution in [-0.2, 0) is 11.2 Å². The van der Waals surface area contributed by atoms with Crippen LogP contribution >= 0.6 is 0 Å². The van der Waals surface area contributed by atoms with E-state index < -0.39 is 39.0 Å². The highest BCUT2D eigenvalue weighted by molar-refractivity contribution is 5.27. The lowest BCUT2D eigenvalue weighted by Crippen LogP contribution is -2.35. The predicted octanol–water partition coefficient (Wildman–Crippen LogP) is 1.61. The minimum absolute atomic E-state index is 0.170. The highest BCUT2D eigenvalue weighted by Crippen LogP contribution is 2.12. The van der Waals surface area contributed by atoms with E-state index in [1.807, 2.05) is 0 Å². The molecular formula is C15H25NO3. The van der Waals surface area contributed by atoms with Crippen LogP contribution in [0.25, 0.3) is 0 Å². The van der Waals surface area contributed by atoms with E-state index in [1.54, 1.807) is 19.2 Å². The number of nitrogens with one attached hydrogen (secondary N) is 1. The van der Waals surface area contributed by atoms with Crippen LogP contribution in [0, 0.1) is 0 Å². The van der Waals surface area contributed by atoms with E-state index in [2.05, 4.69) is 5.32 Å². The minimum Gasteiger partial charge on any atom is -0.491 e. The molecular weight excluding hydrogens is 242 g/mol. The smallest absolute Gasteiger partial charge is 0.119 e. The monoisotopic (exact) mass is 275 g/mol. The number of hydrogen-bond acceptors (Lipinski definition) is 4. The van der Waals surface area contributed by atoms with Gasteiger partial charge < -0.3 is 19.9 Å². The van der Waals surface area contributed by atoms with Gasteiger partial charge in [0.25, 0.3) is 0 Å². The van der Waals surface area contributed by atoms with Crippen molar-refractivity contribution in [1.82, 2.24) is 5.32 Å². The van der Waals surface area contributed by atoms with Gasteiger partial charge in [0.2, 0.25) is 0 Å². The third-order valence-electron chi connectivity index (χ3n) is 2.35. The fraction of sp³-hybridized carbons (Fsp3) is 0.600. The second-order valence-corrected chi connectivity index (χ2v) is 3.96. The number of hydrogen-bond donors (Lipinski definition) is 2. The van der Waals surface area contributed by atoms with Gasteiger partial charge >= 0.3 is 0 Å². The molecule has 1 aromatic carbocycles. The van der Waals surface area contributed by atoms with Crippen molar-refractivity contribution < 1.29 is 25.5 Å². The molecule has 0 aliphatic rings. The first kappa shape index (κ1) is 7.62. The Kier molecular flexibility index (Phi) is 3.57. The summed E-state index contributed by atoms with van der Waals surface area (Å²) >= 11 is 0. The molecule has 4 nitrogen and oxygen atoms in total. The highest BCUT2D eigenvalue weighted by atomic mass is 16.5. The maximum absolute atomic E-state index is 10.0. The molecule has 1 rings (SSSR count). The van der Waals surface area contributed by atoms with Crippen LogP contribution in [0.15, 0.2) is 24.3 Å². The Balaban J connectivity index is 2.71. The van der Waals surface area contributed by atoms with Gasteiger partial charge in [-0.25, -0.2) is 0 Å².